The molecule has 1 aromatic heterocycles. The molecule has 0 aliphatic carbocycles. The first-order valence-electron chi connectivity index (χ1n) is 9.30. The van der Waals surface area contributed by atoms with Crippen LogP contribution < -0.4 is 16.6 Å². The fourth-order valence-electron chi connectivity index (χ4n) is 3.24. The minimum Gasteiger partial charge on any atom is -0.481 e. The molecule has 0 bridgehead atoms. The molecule has 2 atom stereocenters. The Bertz CT molecular complexity index is 1250. The van der Waals surface area contributed by atoms with Crippen LogP contribution in [0.3, 0.4) is 0 Å². The van der Waals surface area contributed by atoms with Gasteiger partial charge in [0.2, 0.25) is 5.91 Å². The lowest BCUT2D eigenvalue weighted by atomic mass is 10.0. The van der Waals surface area contributed by atoms with E-state index >= 15 is 0 Å². The lowest BCUT2D eigenvalue weighted by Gasteiger charge is -2.21. The molecule has 2 aromatic carbocycles. The molecule has 0 radical (unpaired) electrons. The number of rotatable bonds is 8. The van der Waals surface area contributed by atoms with E-state index in [1.54, 1.807) is 48.5 Å². The fourth-order valence-corrected chi connectivity index (χ4v) is 3.24. The van der Waals surface area contributed by atoms with Gasteiger partial charge in [0.15, 0.2) is 0 Å². The normalized spacial score (nSPS) is 12.8. The van der Waals surface area contributed by atoms with Crippen LogP contribution in [-0.2, 0) is 20.8 Å². The minimum atomic E-state index is -1.72. The van der Waals surface area contributed by atoms with Crippen LogP contribution in [0.5, 0.6) is 0 Å². The number of para-hydroxylation sites is 1. The number of fused-ring (bicyclic) bond motifs is 1. The summed E-state index contributed by atoms with van der Waals surface area (Å²) in [5.74, 6) is -3.93. The number of aromatic nitrogens is 2. The number of amides is 1. The van der Waals surface area contributed by atoms with Crippen molar-refractivity contribution in [2.75, 3.05) is 0 Å². The number of carboxylic acids is 2. The summed E-state index contributed by atoms with van der Waals surface area (Å²) < 4.78 is 0.727. The topological polar surface area (TPSA) is 159 Å². The van der Waals surface area contributed by atoms with Gasteiger partial charge in [-0.2, -0.15) is 0 Å². The summed E-state index contributed by atoms with van der Waals surface area (Å²) >= 11 is 0. The number of carbonyl (C=O) groups is 3. The number of nitrogens with one attached hydrogen (secondary N) is 2. The predicted octanol–water partition coefficient (Wildman–Crippen LogP) is 0.518. The standard InChI is InChI=1S/C21H19N3O7/c25-17(26)11-15(20(29)30)22-18(27)16(10-12-6-2-1-3-7-12)24-19(28)13-8-4-5-9-14(13)23-21(24)31/h1-9,15-16H,10-11H2,(H,22,27)(H,23,31)(H,25,26)(H,29,30). The number of nitrogens with zero attached hydrogens (tertiary/aromatic N) is 1. The molecule has 4 N–H and O–H groups in total. The smallest absolute Gasteiger partial charge is 0.329 e. The predicted molar refractivity (Wildman–Crippen MR) is 110 cm³/mol. The lowest BCUT2D eigenvalue weighted by molar-refractivity contribution is -0.147. The highest BCUT2D eigenvalue weighted by Crippen LogP contribution is 2.14. The van der Waals surface area contributed by atoms with Crippen molar-refractivity contribution in [2.24, 2.45) is 0 Å². The zero-order valence-corrected chi connectivity index (χ0v) is 16.1. The molecule has 0 fully saturated rings. The number of hydrogen-bond donors (Lipinski definition) is 4. The zero-order chi connectivity index (χ0) is 22.5. The molecule has 10 nitrogen and oxygen atoms in total. The molecular formula is C21H19N3O7. The van der Waals surface area contributed by atoms with Gasteiger partial charge in [0.1, 0.15) is 12.1 Å². The molecule has 0 saturated carbocycles. The van der Waals surface area contributed by atoms with Crippen LogP contribution in [0.2, 0.25) is 0 Å². The molecule has 1 heterocycles. The average Bonchev–Trinajstić information content (AvgIpc) is 2.72. The third kappa shape index (κ3) is 4.86. The Morgan fingerprint density at radius 3 is 2.26 bits per heavy atom. The number of H-pyrrole nitrogens is 1. The van der Waals surface area contributed by atoms with Crippen LogP contribution in [0.25, 0.3) is 10.9 Å². The first kappa shape index (κ1) is 21.5. The maximum absolute atomic E-state index is 13.0. The van der Waals surface area contributed by atoms with E-state index in [0.29, 0.717) is 11.1 Å². The number of aromatic amines is 1. The second kappa shape index (κ2) is 9.08. The van der Waals surface area contributed by atoms with Crippen molar-refractivity contribution < 1.29 is 24.6 Å². The van der Waals surface area contributed by atoms with Crippen molar-refractivity contribution in [3.8, 4) is 0 Å². The second-order valence-corrected chi connectivity index (χ2v) is 6.85. The van der Waals surface area contributed by atoms with Gasteiger partial charge in [0, 0.05) is 6.42 Å². The molecule has 0 spiro atoms. The molecule has 3 rings (SSSR count). The molecular weight excluding hydrogens is 406 g/mol. The van der Waals surface area contributed by atoms with Gasteiger partial charge in [-0.15, -0.1) is 0 Å². The highest BCUT2D eigenvalue weighted by atomic mass is 16.4. The molecule has 3 aromatic rings. The van der Waals surface area contributed by atoms with Crippen LogP contribution in [0.1, 0.15) is 18.0 Å². The quantitative estimate of drug-likeness (QED) is 0.409. The Morgan fingerprint density at radius 2 is 1.61 bits per heavy atom. The number of carboxylic acid groups (broad SMARTS) is 2. The molecule has 31 heavy (non-hydrogen) atoms. The fraction of sp³-hybridized carbons (Fsp3) is 0.190. The van der Waals surface area contributed by atoms with Gasteiger partial charge in [-0.1, -0.05) is 42.5 Å². The van der Waals surface area contributed by atoms with Crippen LogP contribution in [0.15, 0.2) is 64.2 Å². The molecule has 0 aliphatic rings. The Hall–Kier alpha value is -4.21. The van der Waals surface area contributed by atoms with Crippen molar-refractivity contribution in [2.45, 2.75) is 24.9 Å². The Balaban J connectivity index is 2.09. The summed E-state index contributed by atoms with van der Waals surface area (Å²) in [7, 11) is 0. The summed E-state index contributed by atoms with van der Waals surface area (Å²) in [5, 5.41) is 20.5. The maximum Gasteiger partial charge on any atom is 0.329 e. The third-order valence-electron chi connectivity index (χ3n) is 4.72. The molecule has 0 aliphatic heterocycles. The molecule has 0 saturated heterocycles. The van der Waals surface area contributed by atoms with Crippen LogP contribution >= 0.6 is 0 Å². The van der Waals surface area contributed by atoms with Crippen LogP contribution in [-0.4, -0.2) is 43.7 Å². The number of aliphatic carboxylic acids is 2. The molecule has 10 heteroatoms. The monoisotopic (exact) mass is 425 g/mol. The lowest BCUT2D eigenvalue weighted by Crippen LogP contribution is -2.50. The third-order valence-corrected chi connectivity index (χ3v) is 4.72. The summed E-state index contributed by atoms with van der Waals surface area (Å²) in [6, 6.07) is 11.7. The van der Waals surface area contributed by atoms with Gasteiger partial charge in [0.05, 0.1) is 17.3 Å². The number of carbonyl (C=O) groups excluding carboxylic acids is 1. The van der Waals surface area contributed by atoms with Gasteiger partial charge >= 0.3 is 17.6 Å². The first-order valence-corrected chi connectivity index (χ1v) is 9.30. The van der Waals surface area contributed by atoms with Gasteiger partial charge in [-0.05, 0) is 17.7 Å². The molecule has 160 valence electrons. The second-order valence-electron chi connectivity index (χ2n) is 6.85. The van der Waals surface area contributed by atoms with Gasteiger partial charge in [-0.25, -0.2) is 14.2 Å². The summed E-state index contributed by atoms with van der Waals surface area (Å²) in [5.41, 5.74) is -0.653. The van der Waals surface area contributed by atoms with E-state index in [4.69, 9.17) is 5.11 Å². The average molecular weight is 425 g/mol. The van der Waals surface area contributed by atoms with Crippen LogP contribution in [0, 0.1) is 0 Å². The highest BCUT2D eigenvalue weighted by molar-refractivity contribution is 5.89. The number of hydrogen-bond acceptors (Lipinski definition) is 5. The summed E-state index contributed by atoms with van der Waals surface area (Å²) in [6.45, 7) is 0. The van der Waals surface area contributed by atoms with Crippen molar-refractivity contribution >= 4 is 28.7 Å². The van der Waals surface area contributed by atoms with E-state index in [1.165, 1.54) is 6.07 Å². The first-order chi connectivity index (χ1) is 14.8. The zero-order valence-electron chi connectivity index (χ0n) is 16.1. The Labute approximate surface area is 174 Å². The van der Waals surface area contributed by atoms with Crippen LogP contribution in [0.4, 0.5) is 0 Å². The van der Waals surface area contributed by atoms with E-state index in [0.717, 1.165) is 4.57 Å². The van der Waals surface area contributed by atoms with Crippen molar-refractivity contribution in [1.29, 1.82) is 0 Å². The molecule has 1 amide bonds. The van der Waals surface area contributed by atoms with Crippen molar-refractivity contribution in [3.63, 3.8) is 0 Å². The van der Waals surface area contributed by atoms with Gasteiger partial charge in [-0.3, -0.25) is 14.4 Å². The van der Waals surface area contributed by atoms with Gasteiger partial charge in [0.25, 0.3) is 5.56 Å². The van der Waals surface area contributed by atoms with E-state index < -0.39 is 47.6 Å². The van der Waals surface area contributed by atoms with E-state index in [9.17, 15) is 29.1 Å². The largest absolute Gasteiger partial charge is 0.481 e. The Kier molecular flexibility index (Phi) is 6.29. The van der Waals surface area contributed by atoms with E-state index in [2.05, 4.69) is 10.3 Å². The van der Waals surface area contributed by atoms with E-state index in [1.807, 2.05) is 0 Å². The summed E-state index contributed by atoms with van der Waals surface area (Å²) in [4.78, 5) is 63.6. The van der Waals surface area contributed by atoms with Gasteiger partial charge < -0.3 is 20.5 Å². The van der Waals surface area contributed by atoms with E-state index in [-0.39, 0.29) is 11.8 Å². The minimum absolute atomic E-state index is 0.0899. The maximum atomic E-state index is 13.0. The van der Waals surface area contributed by atoms with Crippen molar-refractivity contribution in [3.05, 3.63) is 81.0 Å². The number of benzene rings is 2. The SMILES string of the molecule is O=C(O)CC(NC(=O)C(Cc1ccccc1)n1c(=O)[nH]c2ccccc2c1=O)C(=O)O. The molecule has 2 unspecified atom stereocenters. The highest BCUT2D eigenvalue weighted by Gasteiger charge is 2.30. The summed E-state index contributed by atoms with van der Waals surface area (Å²) in [6.07, 6.45) is -0.949. The Morgan fingerprint density at radius 1 is 0.968 bits per heavy atom. The van der Waals surface area contributed by atoms with Crippen molar-refractivity contribution in [1.82, 2.24) is 14.9 Å².